The van der Waals surface area contributed by atoms with E-state index in [-0.39, 0.29) is 0 Å². The molecule has 0 heterocycles. The largest absolute Gasteiger partial charge is 0.454 e. The van der Waals surface area contributed by atoms with Gasteiger partial charge in [0, 0.05) is 10.2 Å². The van der Waals surface area contributed by atoms with Gasteiger partial charge in [0.05, 0.1) is 10.6 Å². The lowest BCUT2D eigenvalue weighted by Crippen LogP contribution is -1.91. The summed E-state index contributed by atoms with van der Waals surface area (Å²) in [6.07, 6.45) is 0. The van der Waals surface area contributed by atoms with Crippen LogP contribution >= 0.6 is 27.5 Å². The molecule has 2 aromatic rings. The number of hydrogen-bond acceptors (Lipinski definition) is 3. The molecule has 2 N–H and O–H groups in total. The van der Waals surface area contributed by atoms with Gasteiger partial charge < -0.3 is 10.5 Å². The minimum atomic E-state index is 0.402. The molecule has 2 aromatic carbocycles. The van der Waals surface area contributed by atoms with E-state index in [9.17, 15) is 0 Å². The zero-order valence-corrected chi connectivity index (χ0v) is 11.5. The fourth-order valence-electron chi connectivity index (χ4n) is 1.39. The molecule has 2 rings (SSSR count). The van der Waals surface area contributed by atoms with Gasteiger partial charge in [0.1, 0.15) is 17.6 Å². The Morgan fingerprint density at radius 3 is 2.61 bits per heavy atom. The van der Waals surface area contributed by atoms with Gasteiger partial charge >= 0.3 is 0 Å². The molecule has 0 aromatic heterocycles. The summed E-state index contributed by atoms with van der Waals surface area (Å²) in [5, 5.41) is 9.40. The Kier molecular flexibility index (Phi) is 3.75. The highest BCUT2D eigenvalue weighted by Gasteiger charge is 2.08. The first kappa shape index (κ1) is 12.7. The minimum Gasteiger partial charge on any atom is -0.454 e. The third-order valence-electron chi connectivity index (χ3n) is 2.24. The standard InChI is InChI=1S/C13H8BrClN2O/c14-9-2-1-8(7-16)13(5-9)18-12-4-3-10(17)6-11(12)15/h1-6H,17H2. The maximum Gasteiger partial charge on any atom is 0.146 e. The molecule has 0 saturated carbocycles. The number of benzene rings is 2. The Hall–Kier alpha value is -1.70. The SMILES string of the molecule is N#Cc1ccc(Br)cc1Oc1ccc(N)cc1Cl. The van der Waals surface area contributed by atoms with Crippen molar-refractivity contribution < 1.29 is 4.74 Å². The first-order valence-electron chi connectivity index (χ1n) is 5.02. The molecule has 0 atom stereocenters. The molecular formula is C13H8BrClN2O. The average molecular weight is 324 g/mol. The number of anilines is 1. The highest BCUT2D eigenvalue weighted by Crippen LogP contribution is 2.33. The molecule has 0 amide bonds. The van der Waals surface area contributed by atoms with Gasteiger partial charge in [-0.05, 0) is 36.4 Å². The molecule has 0 aliphatic heterocycles. The van der Waals surface area contributed by atoms with E-state index in [0.717, 1.165) is 4.47 Å². The van der Waals surface area contributed by atoms with E-state index in [0.29, 0.717) is 27.8 Å². The number of nitrogens with two attached hydrogens (primary N) is 1. The van der Waals surface area contributed by atoms with Crippen molar-refractivity contribution in [1.29, 1.82) is 5.26 Å². The van der Waals surface area contributed by atoms with E-state index in [1.807, 2.05) is 0 Å². The molecular weight excluding hydrogens is 316 g/mol. The Bertz CT molecular complexity index is 637. The summed E-state index contributed by atoms with van der Waals surface area (Å²) in [5.41, 5.74) is 6.59. The van der Waals surface area contributed by atoms with Crippen molar-refractivity contribution in [2.24, 2.45) is 0 Å². The molecule has 0 bridgehead atoms. The highest BCUT2D eigenvalue weighted by atomic mass is 79.9. The Balaban J connectivity index is 2.40. The van der Waals surface area contributed by atoms with Crippen LogP contribution in [0.25, 0.3) is 0 Å². The molecule has 0 spiro atoms. The summed E-state index contributed by atoms with van der Waals surface area (Å²) in [5.74, 6) is 0.902. The van der Waals surface area contributed by atoms with Crippen molar-refractivity contribution in [3.8, 4) is 17.6 Å². The summed E-state index contributed by atoms with van der Waals surface area (Å²) in [6.45, 7) is 0. The first-order valence-corrected chi connectivity index (χ1v) is 6.20. The van der Waals surface area contributed by atoms with Crippen molar-refractivity contribution in [3.05, 3.63) is 51.5 Å². The quantitative estimate of drug-likeness (QED) is 0.836. The zero-order chi connectivity index (χ0) is 13.1. The van der Waals surface area contributed by atoms with E-state index in [1.54, 1.807) is 36.4 Å². The predicted molar refractivity (Wildman–Crippen MR) is 74.8 cm³/mol. The molecule has 18 heavy (non-hydrogen) atoms. The molecule has 0 radical (unpaired) electrons. The second-order valence-electron chi connectivity index (χ2n) is 3.54. The molecule has 0 aliphatic carbocycles. The van der Waals surface area contributed by atoms with Crippen LogP contribution in [-0.2, 0) is 0 Å². The number of nitrogens with zero attached hydrogens (tertiary/aromatic N) is 1. The molecule has 0 unspecified atom stereocenters. The van der Waals surface area contributed by atoms with Crippen LogP contribution in [0.2, 0.25) is 5.02 Å². The van der Waals surface area contributed by atoms with E-state index in [2.05, 4.69) is 22.0 Å². The monoisotopic (exact) mass is 322 g/mol. The van der Waals surface area contributed by atoms with Crippen LogP contribution < -0.4 is 10.5 Å². The van der Waals surface area contributed by atoms with E-state index >= 15 is 0 Å². The molecule has 5 heteroatoms. The highest BCUT2D eigenvalue weighted by molar-refractivity contribution is 9.10. The molecule has 90 valence electrons. The van der Waals surface area contributed by atoms with E-state index in [1.165, 1.54) is 0 Å². The normalized spacial score (nSPS) is 9.83. The van der Waals surface area contributed by atoms with Crippen LogP contribution in [-0.4, -0.2) is 0 Å². The molecule has 0 fully saturated rings. The van der Waals surface area contributed by atoms with Gasteiger partial charge in [-0.15, -0.1) is 0 Å². The number of nitrogen functional groups attached to an aromatic ring is 1. The molecule has 3 nitrogen and oxygen atoms in total. The third-order valence-corrected chi connectivity index (χ3v) is 3.03. The van der Waals surface area contributed by atoms with Crippen LogP contribution in [0.3, 0.4) is 0 Å². The molecule has 0 aliphatic rings. The summed E-state index contributed by atoms with van der Waals surface area (Å²) in [7, 11) is 0. The van der Waals surface area contributed by atoms with Gasteiger partial charge in [-0.25, -0.2) is 0 Å². The van der Waals surface area contributed by atoms with Crippen molar-refractivity contribution in [1.82, 2.24) is 0 Å². The van der Waals surface area contributed by atoms with Crippen LogP contribution in [0, 0.1) is 11.3 Å². The lowest BCUT2D eigenvalue weighted by atomic mass is 10.2. The maximum atomic E-state index is 9.00. The van der Waals surface area contributed by atoms with Crippen LogP contribution in [0.4, 0.5) is 5.69 Å². The number of halogens is 2. The van der Waals surface area contributed by atoms with Gasteiger partial charge in [-0.2, -0.15) is 5.26 Å². The van der Waals surface area contributed by atoms with Gasteiger partial charge in [0.15, 0.2) is 0 Å². The average Bonchev–Trinajstić information content (AvgIpc) is 2.33. The smallest absolute Gasteiger partial charge is 0.146 e. The van der Waals surface area contributed by atoms with Crippen molar-refractivity contribution in [2.45, 2.75) is 0 Å². The van der Waals surface area contributed by atoms with Crippen molar-refractivity contribution >= 4 is 33.2 Å². The van der Waals surface area contributed by atoms with Crippen LogP contribution in [0.15, 0.2) is 40.9 Å². The summed E-state index contributed by atoms with van der Waals surface area (Å²) >= 11 is 9.34. The first-order chi connectivity index (χ1) is 8.60. The number of ether oxygens (including phenoxy) is 1. The topological polar surface area (TPSA) is 59.0 Å². The fraction of sp³-hybridized carbons (Fsp3) is 0. The van der Waals surface area contributed by atoms with Gasteiger partial charge in [0.25, 0.3) is 0 Å². The second-order valence-corrected chi connectivity index (χ2v) is 4.87. The summed E-state index contributed by atoms with van der Waals surface area (Å²) < 4.78 is 6.45. The van der Waals surface area contributed by atoms with Gasteiger partial charge in [-0.1, -0.05) is 27.5 Å². The van der Waals surface area contributed by atoms with Gasteiger partial charge in [0.2, 0.25) is 0 Å². The van der Waals surface area contributed by atoms with Crippen molar-refractivity contribution in [3.63, 3.8) is 0 Å². The third kappa shape index (κ3) is 2.76. The Labute approximate surface area is 118 Å². The zero-order valence-electron chi connectivity index (χ0n) is 9.15. The van der Waals surface area contributed by atoms with Crippen LogP contribution in [0.5, 0.6) is 11.5 Å². The minimum absolute atomic E-state index is 0.402. The summed E-state index contributed by atoms with van der Waals surface area (Å²) in [6, 6.07) is 12.2. The second kappa shape index (κ2) is 5.30. The Morgan fingerprint density at radius 1 is 1.17 bits per heavy atom. The summed E-state index contributed by atoms with van der Waals surface area (Å²) in [4.78, 5) is 0. The fourth-order valence-corrected chi connectivity index (χ4v) is 1.96. The predicted octanol–water partition coefficient (Wildman–Crippen LogP) is 4.35. The van der Waals surface area contributed by atoms with Crippen molar-refractivity contribution in [2.75, 3.05) is 5.73 Å². The van der Waals surface area contributed by atoms with Gasteiger partial charge in [-0.3, -0.25) is 0 Å². The van der Waals surface area contributed by atoms with Crippen LogP contribution in [0.1, 0.15) is 5.56 Å². The maximum absolute atomic E-state index is 9.00. The van der Waals surface area contributed by atoms with E-state index in [4.69, 9.17) is 27.3 Å². The van der Waals surface area contributed by atoms with E-state index < -0.39 is 0 Å². The lowest BCUT2D eigenvalue weighted by molar-refractivity contribution is 0.481. The Morgan fingerprint density at radius 2 is 1.94 bits per heavy atom. The lowest BCUT2D eigenvalue weighted by Gasteiger charge is -2.09. The molecule has 0 saturated heterocycles. The number of rotatable bonds is 2. The number of nitriles is 1. The number of hydrogen-bond donors (Lipinski definition) is 1.